The number of benzene rings is 4. The molecule has 7 aromatic rings. The number of fused-ring (bicyclic) bond motifs is 3. The zero-order valence-electron chi connectivity index (χ0n) is 31.5. The Morgan fingerprint density at radius 3 is 2.14 bits per heavy atom. The van der Waals surface area contributed by atoms with E-state index in [1.807, 2.05) is 41.8 Å². The topological polar surface area (TPSA) is 25.8 Å². The number of thiophene rings is 1. The van der Waals surface area contributed by atoms with Gasteiger partial charge in [0.05, 0.1) is 8.07 Å². The summed E-state index contributed by atoms with van der Waals surface area (Å²) in [5.74, 6) is 0.534. The summed E-state index contributed by atoms with van der Waals surface area (Å²) in [6, 6.07) is 39.0. The van der Waals surface area contributed by atoms with E-state index in [1.54, 1.807) is 0 Å². The smallest absolute Gasteiger partial charge is 0.0799 e. The van der Waals surface area contributed by atoms with Gasteiger partial charge in [0, 0.05) is 37.2 Å². The summed E-state index contributed by atoms with van der Waals surface area (Å²) in [5.41, 5.74) is 12.3. The molecule has 5 heteroatoms. The van der Waals surface area contributed by atoms with Gasteiger partial charge in [-0.15, -0.1) is 59.7 Å². The van der Waals surface area contributed by atoms with Gasteiger partial charge >= 0.3 is 0 Å². The van der Waals surface area contributed by atoms with E-state index >= 15 is 0 Å². The third-order valence-corrected chi connectivity index (χ3v) is 12.7. The van der Waals surface area contributed by atoms with Crippen LogP contribution in [0.4, 0.5) is 0 Å². The van der Waals surface area contributed by atoms with Gasteiger partial charge < -0.3 is 9.97 Å². The zero-order valence-corrected chi connectivity index (χ0v) is 35.7. The Kier molecular flexibility index (Phi) is 11.7. The molecule has 3 heterocycles. The van der Waals surface area contributed by atoms with Gasteiger partial charge in [-0.05, 0) is 91.8 Å². The molecule has 0 aliphatic rings. The van der Waals surface area contributed by atoms with Gasteiger partial charge in [-0.3, -0.25) is 0 Å². The van der Waals surface area contributed by atoms with Gasteiger partial charge in [0.15, 0.2) is 0 Å². The Morgan fingerprint density at radius 2 is 1.49 bits per heavy atom. The minimum Gasteiger partial charge on any atom is -0.305 e. The van der Waals surface area contributed by atoms with Crippen molar-refractivity contribution < 1.29 is 20.1 Å². The summed E-state index contributed by atoms with van der Waals surface area (Å²) < 4.78 is 2.57. The van der Waals surface area contributed by atoms with Gasteiger partial charge in [0.2, 0.25) is 0 Å². The molecule has 2 nitrogen and oxygen atoms in total. The normalized spacial score (nSPS) is 11.7. The fourth-order valence-electron chi connectivity index (χ4n) is 6.67. The molecule has 0 N–H and O–H groups in total. The van der Waals surface area contributed by atoms with Crippen LogP contribution in [0.15, 0.2) is 103 Å². The van der Waals surface area contributed by atoms with Crippen LogP contribution < -0.4 is 5.19 Å². The molecular formula is C46H48IrN2SSi-2. The Hall–Kier alpha value is -3.73. The molecule has 0 aliphatic heterocycles. The van der Waals surface area contributed by atoms with Gasteiger partial charge in [-0.2, -0.15) is 11.3 Å². The maximum Gasteiger partial charge on any atom is 0.0799 e. The van der Waals surface area contributed by atoms with Crippen molar-refractivity contribution in [3.8, 4) is 33.6 Å². The Balaban J connectivity index is 0.000000218. The molecule has 0 unspecified atom stereocenters. The standard InChI is InChI=1S/C29H26NS.C17H22NSi.Ir/c1-18-8-6-9-19(2)27(18)20-12-13-22-23-10-7-11-24(28(23)31-26(22)16-20)25-17-21(14-15-30-25)29(3,4)5;1-13(2)15-11-16(14-9-7-6-8-10-14)18-12-17(15)19(3,4)5;/h6-10,12-17H,1-5H3;6-9,11-13H,1-5H3;/q2*-1;. The predicted octanol–water partition coefficient (Wildman–Crippen LogP) is 12.7. The maximum atomic E-state index is 4.71. The van der Waals surface area contributed by atoms with E-state index in [4.69, 9.17) is 4.98 Å². The van der Waals surface area contributed by atoms with E-state index in [1.165, 1.54) is 58.7 Å². The molecule has 0 saturated carbocycles. The number of pyridine rings is 2. The molecule has 1 radical (unpaired) electrons. The second-order valence-electron chi connectivity index (χ2n) is 15.7. The van der Waals surface area contributed by atoms with Crippen LogP contribution in [0.25, 0.3) is 53.8 Å². The first-order valence-corrected chi connectivity index (χ1v) is 21.9. The van der Waals surface area contributed by atoms with Crippen LogP contribution in [0.2, 0.25) is 19.6 Å². The van der Waals surface area contributed by atoms with E-state index < -0.39 is 8.07 Å². The summed E-state index contributed by atoms with van der Waals surface area (Å²) in [6.07, 6.45) is 4.02. The summed E-state index contributed by atoms with van der Waals surface area (Å²) in [7, 11) is -1.34. The van der Waals surface area contributed by atoms with Crippen molar-refractivity contribution in [2.75, 3.05) is 0 Å². The van der Waals surface area contributed by atoms with Crippen molar-refractivity contribution in [2.45, 2.75) is 79.4 Å². The zero-order chi connectivity index (χ0) is 35.8. The second-order valence-corrected chi connectivity index (χ2v) is 21.8. The largest absolute Gasteiger partial charge is 0.305 e. The van der Waals surface area contributed by atoms with Crippen LogP contribution in [0, 0.1) is 26.0 Å². The van der Waals surface area contributed by atoms with Gasteiger partial charge in [0.25, 0.3) is 0 Å². The molecule has 0 spiro atoms. The van der Waals surface area contributed by atoms with Crippen LogP contribution in [-0.4, -0.2) is 18.0 Å². The van der Waals surface area contributed by atoms with Crippen LogP contribution >= 0.6 is 11.3 Å². The van der Waals surface area contributed by atoms with E-state index in [9.17, 15) is 0 Å². The average Bonchev–Trinajstić information content (AvgIpc) is 3.46. The molecule has 0 aliphatic carbocycles. The Morgan fingerprint density at radius 1 is 0.745 bits per heavy atom. The Bertz CT molecular complexity index is 2270. The predicted molar refractivity (Wildman–Crippen MR) is 221 cm³/mol. The van der Waals surface area contributed by atoms with Crippen LogP contribution in [-0.2, 0) is 25.5 Å². The first kappa shape index (κ1) is 38.5. The molecule has 263 valence electrons. The van der Waals surface area contributed by atoms with E-state index in [0.717, 1.165) is 22.5 Å². The van der Waals surface area contributed by atoms with Crippen molar-refractivity contribution in [1.82, 2.24) is 9.97 Å². The number of rotatable bonds is 5. The molecule has 0 amide bonds. The van der Waals surface area contributed by atoms with E-state index in [0.29, 0.717) is 5.92 Å². The van der Waals surface area contributed by atoms with Crippen LogP contribution in [0.1, 0.15) is 62.8 Å². The number of nitrogens with zero attached hydrogens (tertiary/aromatic N) is 2. The minimum atomic E-state index is -1.34. The van der Waals surface area contributed by atoms with Crippen molar-refractivity contribution in [2.24, 2.45) is 0 Å². The SMILES string of the molecule is CC(C)c1cc(-c2[c-]cccc2)ncc1[Si](C)(C)C.Cc1cccc(C)c1-c1ccc2c(c1)sc1c(-c3cc(C(C)(C)C)ccn3)[c-]ccc12.[Ir]. The van der Waals surface area contributed by atoms with Crippen LogP contribution in [0.3, 0.4) is 0 Å². The second kappa shape index (κ2) is 15.5. The molecule has 0 saturated heterocycles. The van der Waals surface area contributed by atoms with Gasteiger partial charge in [0.1, 0.15) is 0 Å². The van der Waals surface area contributed by atoms with E-state index in [2.05, 4.69) is 158 Å². The van der Waals surface area contributed by atoms with Gasteiger partial charge in [-0.25, -0.2) is 0 Å². The third-order valence-electron chi connectivity index (χ3n) is 9.44. The average molecular weight is 881 g/mol. The molecule has 7 rings (SSSR count). The monoisotopic (exact) mass is 881 g/mol. The number of aromatic nitrogens is 2. The van der Waals surface area contributed by atoms with Crippen LogP contribution in [0.5, 0.6) is 0 Å². The van der Waals surface area contributed by atoms with Crippen molar-refractivity contribution in [3.05, 3.63) is 138 Å². The number of hydrogen-bond acceptors (Lipinski definition) is 3. The summed E-state index contributed by atoms with van der Waals surface area (Å²) in [5, 5.41) is 4.06. The molecule has 3 aromatic heterocycles. The van der Waals surface area contributed by atoms with Crippen molar-refractivity contribution >= 4 is 44.8 Å². The van der Waals surface area contributed by atoms with E-state index in [-0.39, 0.29) is 25.5 Å². The quantitative estimate of drug-likeness (QED) is 0.127. The Labute approximate surface area is 323 Å². The molecule has 0 atom stereocenters. The molecular weight excluding hydrogens is 833 g/mol. The molecule has 0 fully saturated rings. The summed E-state index contributed by atoms with van der Waals surface area (Å²) >= 11 is 1.85. The third kappa shape index (κ3) is 8.34. The first-order valence-electron chi connectivity index (χ1n) is 17.6. The molecule has 4 aromatic carbocycles. The molecule has 51 heavy (non-hydrogen) atoms. The van der Waals surface area contributed by atoms with Crippen molar-refractivity contribution in [1.29, 1.82) is 0 Å². The summed E-state index contributed by atoms with van der Waals surface area (Å²) in [4.78, 5) is 9.37. The fraction of sp³-hybridized carbons (Fsp3) is 0.261. The first-order chi connectivity index (χ1) is 23.7. The minimum absolute atomic E-state index is 0. The molecule has 0 bridgehead atoms. The summed E-state index contributed by atoms with van der Waals surface area (Å²) in [6.45, 7) is 22.8. The number of aryl methyl sites for hydroxylation is 2. The van der Waals surface area contributed by atoms with Gasteiger partial charge in [-0.1, -0.05) is 108 Å². The maximum absolute atomic E-state index is 4.71. The fourth-order valence-corrected chi connectivity index (χ4v) is 9.59. The number of hydrogen-bond donors (Lipinski definition) is 0. The van der Waals surface area contributed by atoms with Crippen molar-refractivity contribution in [3.63, 3.8) is 0 Å².